The van der Waals surface area contributed by atoms with Crippen LogP contribution in [0.15, 0.2) is 58.3 Å². The summed E-state index contributed by atoms with van der Waals surface area (Å²) in [7, 11) is -0.794. The Balaban J connectivity index is 2.08. The molecule has 0 fully saturated rings. The number of urea groups is 1. The van der Waals surface area contributed by atoms with Crippen LogP contribution in [0.3, 0.4) is 0 Å². The van der Waals surface area contributed by atoms with Gasteiger partial charge in [-0.1, -0.05) is 0 Å². The van der Waals surface area contributed by atoms with E-state index in [4.69, 9.17) is 4.74 Å². The number of carbonyl (C=O) groups excluding carboxylic acids is 1. The number of rotatable bonds is 6. The lowest BCUT2D eigenvalue weighted by molar-refractivity contribution is 0.174. The second-order valence-corrected chi connectivity index (χ2v) is 11.4. The van der Waals surface area contributed by atoms with Gasteiger partial charge in [-0.3, -0.25) is 0 Å². The molecule has 9 nitrogen and oxygen atoms in total. The van der Waals surface area contributed by atoms with Gasteiger partial charge in [0.2, 0.25) is 0 Å². The summed E-state index contributed by atoms with van der Waals surface area (Å²) in [5.41, 5.74) is -0.467. The number of anilines is 2. The quantitative estimate of drug-likeness (QED) is 0.424. The van der Waals surface area contributed by atoms with Crippen LogP contribution >= 0.6 is 15.9 Å². The van der Waals surface area contributed by atoms with E-state index in [0.717, 1.165) is 12.3 Å². The van der Waals surface area contributed by atoms with Crippen molar-refractivity contribution in [3.63, 3.8) is 0 Å². The fourth-order valence-electron chi connectivity index (χ4n) is 2.96. The van der Waals surface area contributed by atoms with E-state index in [9.17, 15) is 17.6 Å². The molecule has 0 saturated carbocycles. The minimum absolute atomic E-state index is 0.0702. The van der Waals surface area contributed by atoms with E-state index < -0.39 is 33.0 Å². The van der Waals surface area contributed by atoms with E-state index in [1.807, 2.05) is 20.8 Å². The molecule has 0 unspecified atom stereocenters. The number of carbonyl (C=O) groups is 1. The average molecular weight is 566 g/mol. The van der Waals surface area contributed by atoms with Gasteiger partial charge in [-0.05, 0) is 61.0 Å². The van der Waals surface area contributed by atoms with E-state index >= 15 is 0 Å². The van der Waals surface area contributed by atoms with Crippen molar-refractivity contribution in [3.05, 3.63) is 65.0 Å². The first kappa shape index (κ1) is 26.5. The zero-order chi connectivity index (χ0) is 26.0. The van der Waals surface area contributed by atoms with E-state index in [-0.39, 0.29) is 32.4 Å². The van der Waals surface area contributed by atoms with Crippen molar-refractivity contribution in [1.82, 2.24) is 19.9 Å². The fourth-order valence-corrected chi connectivity index (χ4v) is 4.43. The number of amides is 2. The van der Waals surface area contributed by atoms with Gasteiger partial charge >= 0.3 is 6.03 Å². The largest absolute Gasteiger partial charge is 0.495 e. The van der Waals surface area contributed by atoms with Crippen LogP contribution in [0.25, 0.3) is 0 Å². The minimum atomic E-state index is -3.80. The Hall–Kier alpha value is -3.12. The number of aromatic nitrogens is 3. The van der Waals surface area contributed by atoms with Crippen molar-refractivity contribution in [1.29, 1.82) is 0 Å². The Labute approximate surface area is 212 Å². The third-order valence-electron chi connectivity index (χ3n) is 5.19. The van der Waals surface area contributed by atoms with Crippen LogP contribution < -0.4 is 9.64 Å². The van der Waals surface area contributed by atoms with Gasteiger partial charge in [0.15, 0.2) is 9.84 Å². The number of nitrogens with zero attached hydrogens (tertiary/aromatic N) is 5. The molecule has 0 bridgehead atoms. The summed E-state index contributed by atoms with van der Waals surface area (Å²) >= 11 is 3.12. The Bertz CT molecular complexity index is 1320. The van der Waals surface area contributed by atoms with Crippen LogP contribution in [0.2, 0.25) is 0 Å². The molecule has 0 aliphatic carbocycles. The summed E-state index contributed by atoms with van der Waals surface area (Å²) in [6, 6.07) is 6.34. The highest BCUT2D eigenvalue weighted by Crippen LogP contribution is 2.38. The van der Waals surface area contributed by atoms with Crippen molar-refractivity contribution in [2.45, 2.75) is 37.0 Å². The normalized spacial score (nSPS) is 11.7. The fraction of sp³-hybridized carbons (Fsp3) is 0.304. The van der Waals surface area contributed by atoms with Crippen LogP contribution in [0.4, 0.5) is 20.7 Å². The molecule has 2 aromatic heterocycles. The summed E-state index contributed by atoms with van der Waals surface area (Å²) in [5.74, 6) is -0.570. The first-order valence-corrected chi connectivity index (χ1v) is 12.9. The zero-order valence-corrected chi connectivity index (χ0v) is 22.3. The van der Waals surface area contributed by atoms with Gasteiger partial charge in [0.25, 0.3) is 0 Å². The number of halogens is 2. The second-order valence-electron chi connectivity index (χ2n) is 8.56. The van der Waals surface area contributed by atoms with Gasteiger partial charge in [-0.15, -0.1) is 0 Å². The summed E-state index contributed by atoms with van der Waals surface area (Å²) in [4.78, 5) is 28.3. The molecule has 2 amide bonds. The maximum absolute atomic E-state index is 14.5. The minimum Gasteiger partial charge on any atom is -0.495 e. The molecule has 0 radical (unpaired) electrons. The average Bonchev–Trinajstić information content (AvgIpc) is 2.80. The van der Waals surface area contributed by atoms with E-state index in [1.165, 1.54) is 47.5 Å². The predicted molar refractivity (Wildman–Crippen MR) is 133 cm³/mol. The third kappa shape index (κ3) is 5.93. The summed E-state index contributed by atoms with van der Waals surface area (Å²) in [5, 5.41) is 0. The number of pyridine rings is 1. The topological polar surface area (TPSA) is 106 Å². The summed E-state index contributed by atoms with van der Waals surface area (Å²) in [6.07, 6.45) is 4.06. The maximum atomic E-state index is 14.5. The second kappa shape index (κ2) is 10.2. The highest BCUT2D eigenvalue weighted by molar-refractivity contribution is 9.10. The Morgan fingerprint density at radius 1 is 1.14 bits per heavy atom. The molecule has 186 valence electrons. The van der Waals surface area contributed by atoms with Gasteiger partial charge in [0.05, 0.1) is 22.2 Å². The molecular formula is C23H25BrFN5O4S. The number of hydrogen-bond donors (Lipinski definition) is 0. The van der Waals surface area contributed by atoms with Crippen molar-refractivity contribution in [2.75, 3.05) is 19.1 Å². The summed E-state index contributed by atoms with van der Waals surface area (Å²) < 4.78 is 45.7. The first-order valence-electron chi connectivity index (χ1n) is 10.4. The lowest BCUT2D eigenvalue weighted by Crippen LogP contribution is -2.48. The molecule has 0 aliphatic rings. The molecule has 1 aromatic carbocycles. The standard InChI is InChI=1S/C23H25BrFN5O4S/c1-23(2,3)29(4)22(31)30(18-12-17(25)16(24)11-19(18)34-5)21-8-7-15(13-28-21)35(32,33)14-20-26-9-6-10-27-20/h6-13H,14H2,1-5H3. The van der Waals surface area contributed by atoms with Crippen LogP contribution in [-0.2, 0) is 15.6 Å². The Morgan fingerprint density at radius 2 is 1.80 bits per heavy atom. The Morgan fingerprint density at radius 3 is 2.34 bits per heavy atom. The Kier molecular flexibility index (Phi) is 7.75. The first-order chi connectivity index (χ1) is 16.3. The monoisotopic (exact) mass is 565 g/mol. The van der Waals surface area contributed by atoms with Crippen LogP contribution in [-0.4, -0.2) is 54.0 Å². The van der Waals surface area contributed by atoms with Crippen molar-refractivity contribution < 1.29 is 22.3 Å². The SMILES string of the molecule is COc1cc(Br)c(F)cc1N(C(=O)N(C)C(C)(C)C)c1ccc(S(=O)(=O)Cc2ncccn2)cn1. The number of methoxy groups -OCH3 is 1. The van der Waals surface area contributed by atoms with E-state index in [1.54, 1.807) is 13.1 Å². The van der Waals surface area contributed by atoms with Crippen LogP contribution in [0.5, 0.6) is 5.75 Å². The predicted octanol–water partition coefficient (Wildman–Crippen LogP) is 4.74. The van der Waals surface area contributed by atoms with Gasteiger partial charge in [-0.25, -0.2) is 37.5 Å². The highest BCUT2D eigenvalue weighted by Gasteiger charge is 2.32. The molecule has 0 N–H and O–H groups in total. The van der Waals surface area contributed by atoms with E-state index in [0.29, 0.717) is 0 Å². The molecule has 0 atom stereocenters. The number of benzene rings is 1. The zero-order valence-electron chi connectivity index (χ0n) is 19.9. The molecule has 35 heavy (non-hydrogen) atoms. The lowest BCUT2D eigenvalue weighted by atomic mass is 10.1. The summed E-state index contributed by atoms with van der Waals surface area (Å²) in [6.45, 7) is 5.53. The van der Waals surface area contributed by atoms with Gasteiger partial charge < -0.3 is 9.64 Å². The molecule has 0 saturated heterocycles. The van der Waals surface area contributed by atoms with Crippen LogP contribution in [0.1, 0.15) is 26.6 Å². The number of hydrogen-bond acceptors (Lipinski definition) is 7. The van der Waals surface area contributed by atoms with Crippen LogP contribution in [0, 0.1) is 5.82 Å². The van der Waals surface area contributed by atoms with Crippen molar-refractivity contribution in [2.24, 2.45) is 0 Å². The van der Waals surface area contributed by atoms with Gasteiger partial charge in [-0.2, -0.15) is 0 Å². The molecule has 0 aliphatic heterocycles. The van der Waals surface area contributed by atoms with Gasteiger partial charge in [0.1, 0.15) is 29.0 Å². The third-order valence-corrected chi connectivity index (χ3v) is 7.40. The molecule has 0 spiro atoms. The molecule has 12 heteroatoms. The molecular weight excluding hydrogens is 541 g/mol. The molecule has 3 aromatic rings. The lowest BCUT2D eigenvalue weighted by Gasteiger charge is -2.36. The van der Waals surface area contributed by atoms with E-state index in [2.05, 4.69) is 30.9 Å². The van der Waals surface area contributed by atoms with Crippen molar-refractivity contribution in [3.8, 4) is 5.75 Å². The van der Waals surface area contributed by atoms with Gasteiger partial charge in [0, 0.05) is 37.2 Å². The smallest absolute Gasteiger partial charge is 0.330 e. The maximum Gasteiger partial charge on any atom is 0.330 e. The number of sulfone groups is 1. The molecule has 2 heterocycles. The van der Waals surface area contributed by atoms with Crippen molar-refractivity contribution >= 4 is 43.3 Å². The highest BCUT2D eigenvalue weighted by atomic mass is 79.9. The number of ether oxygens (including phenoxy) is 1. The molecule has 3 rings (SSSR count).